The monoisotopic (exact) mass is 397 g/mol. The first kappa shape index (κ1) is 20.8. The molecule has 0 unspecified atom stereocenters. The highest BCUT2D eigenvalue weighted by atomic mass is 16.5. The molecule has 0 spiro atoms. The predicted molar refractivity (Wildman–Crippen MR) is 110 cm³/mol. The molecule has 1 aromatic carbocycles. The third kappa shape index (κ3) is 5.10. The van der Waals surface area contributed by atoms with E-state index in [4.69, 9.17) is 4.74 Å². The van der Waals surface area contributed by atoms with Crippen LogP contribution in [0.3, 0.4) is 0 Å². The van der Waals surface area contributed by atoms with E-state index in [-0.39, 0.29) is 24.0 Å². The molecule has 2 atom stereocenters. The first-order valence-electron chi connectivity index (χ1n) is 10.1. The molecule has 1 aliphatic rings. The van der Waals surface area contributed by atoms with Crippen LogP contribution in [0.4, 0.5) is 5.82 Å². The Balaban J connectivity index is 1.88. The van der Waals surface area contributed by atoms with Gasteiger partial charge in [0.25, 0.3) is 0 Å². The van der Waals surface area contributed by atoms with Crippen LogP contribution in [0, 0.1) is 18.8 Å². The fraction of sp³-hybridized carbons (Fsp3) is 0.455. The number of carbonyl (C=O) groups excluding carboxylic acids is 1. The molecule has 3 rings (SSSR count). The van der Waals surface area contributed by atoms with E-state index in [0.29, 0.717) is 24.6 Å². The van der Waals surface area contributed by atoms with Crippen LogP contribution >= 0.6 is 0 Å². The van der Waals surface area contributed by atoms with Gasteiger partial charge in [-0.3, -0.25) is 4.79 Å². The molecule has 2 N–H and O–H groups in total. The third-order valence-electron chi connectivity index (χ3n) is 5.32. The number of aliphatic carboxylic acids is 1. The van der Waals surface area contributed by atoms with Crippen molar-refractivity contribution < 1.29 is 19.4 Å². The zero-order chi connectivity index (χ0) is 20.8. The summed E-state index contributed by atoms with van der Waals surface area (Å²) in [6.45, 7) is 4.42. The summed E-state index contributed by atoms with van der Waals surface area (Å²) in [4.78, 5) is 32.9. The first-order valence-corrected chi connectivity index (χ1v) is 10.1. The Hall–Kier alpha value is -2.96. The Morgan fingerprint density at radius 1 is 1.28 bits per heavy atom. The number of carboxylic acid groups (broad SMARTS) is 1. The average molecular weight is 397 g/mol. The zero-order valence-electron chi connectivity index (χ0n) is 16.9. The number of anilines is 1. The van der Waals surface area contributed by atoms with Crippen LogP contribution in [-0.4, -0.2) is 40.2 Å². The van der Waals surface area contributed by atoms with E-state index in [1.54, 1.807) is 6.92 Å². The van der Waals surface area contributed by atoms with Crippen molar-refractivity contribution in [3.8, 4) is 11.4 Å². The van der Waals surface area contributed by atoms with Gasteiger partial charge in [-0.15, -0.1) is 0 Å². The maximum Gasteiger partial charge on any atom is 0.343 e. The number of hydrogen-bond donors (Lipinski definition) is 2. The quantitative estimate of drug-likeness (QED) is 0.683. The maximum absolute atomic E-state index is 12.4. The highest BCUT2D eigenvalue weighted by Gasteiger charge is 2.31. The fourth-order valence-electron chi connectivity index (χ4n) is 3.80. The van der Waals surface area contributed by atoms with E-state index in [9.17, 15) is 14.7 Å². The molecule has 1 heterocycles. The summed E-state index contributed by atoms with van der Waals surface area (Å²) < 4.78 is 5.13. The second kappa shape index (κ2) is 9.49. The lowest BCUT2D eigenvalue weighted by atomic mass is 9.79. The molecular formula is C22H27N3O4. The number of nitrogens with one attached hydrogen (secondary N) is 1. The topological polar surface area (TPSA) is 101 Å². The second-order valence-electron chi connectivity index (χ2n) is 7.42. The van der Waals surface area contributed by atoms with Crippen LogP contribution in [-0.2, 0) is 9.53 Å². The Labute approximate surface area is 170 Å². The summed E-state index contributed by atoms with van der Waals surface area (Å²) in [7, 11) is 0. The highest BCUT2D eigenvalue weighted by Crippen LogP contribution is 2.31. The van der Waals surface area contributed by atoms with Crippen molar-refractivity contribution in [2.24, 2.45) is 11.8 Å². The van der Waals surface area contributed by atoms with Gasteiger partial charge in [0, 0.05) is 18.3 Å². The van der Waals surface area contributed by atoms with Gasteiger partial charge in [0.05, 0.1) is 12.5 Å². The lowest BCUT2D eigenvalue weighted by Gasteiger charge is -2.29. The molecule has 7 heteroatoms. The minimum absolute atomic E-state index is 0.00585. The number of nitrogens with zero attached hydrogens (tertiary/aromatic N) is 2. The molecule has 0 aliphatic heterocycles. The van der Waals surface area contributed by atoms with Crippen LogP contribution in [0.15, 0.2) is 30.5 Å². The minimum atomic E-state index is -0.759. The molecule has 1 saturated carbocycles. The van der Waals surface area contributed by atoms with Crippen molar-refractivity contribution in [3.63, 3.8) is 0 Å². The number of ether oxygens (including phenoxy) is 1. The van der Waals surface area contributed by atoms with Gasteiger partial charge in [0.2, 0.25) is 0 Å². The van der Waals surface area contributed by atoms with Gasteiger partial charge in [-0.05, 0) is 38.7 Å². The molecule has 29 heavy (non-hydrogen) atoms. The molecule has 1 fully saturated rings. The number of aromatic nitrogens is 2. The van der Waals surface area contributed by atoms with Crippen molar-refractivity contribution in [1.82, 2.24) is 9.97 Å². The SMILES string of the molecule is CCOC(=O)c1cnc(-c2cccc(C)c2)nc1NC[C@@H]1CCCC[C@@H]1C(=O)O. The summed E-state index contributed by atoms with van der Waals surface area (Å²) in [5, 5.41) is 12.7. The lowest BCUT2D eigenvalue weighted by molar-refractivity contribution is -0.144. The van der Waals surface area contributed by atoms with Crippen molar-refractivity contribution in [2.45, 2.75) is 39.5 Å². The standard InChI is InChI=1S/C22H27N3O4/c1-3-29-22(28)18-13-24-19(15-9-6-7-14(2)11-15)25-20(18)23-12-16-8-4-5-10-17(16)21(26)27/h6-7,9,11,13,16-17H,3-5,8,10,12H2,1-2H3,(H,26,27)(H,23,24,25)/t16-,17-/m0/s1. The van der Waals surface area contributed by atoms with Gasteiger partial charge in [-0.25, -0.2) is 14.8 Å². The molecule has 0 amide bonds. The number of carbonyl (C=O) groups is 2. The van der Waals surface area contributed by atoms with Crippen LogP contribution < -0.4 is 5.32 Å². The summed E-state index contributed by atoms with van der Waals surface area (Å²) in [6.07, 6.45) is 4.95. The van der Waals surface area contributed by atoms with Crippen LogP contribution in [0.5, 0.6) is 0 Å². The molecule has 7 nitrogen and oxygen atoms in total. The van der Waals surface area contributed by atoms with Crippen LogP contribution in [0.25, 0.3) is 11.4 Å². The van der Waals surface area contributed by atoms with E-state index < -0.39 is 11.9 Å². The summed E-state index contributed by atoms with van der Waals surface area (Å²) in [5.74, 6) is -0.754. The van der Waals surface area contributed by atoms with Gasteiger partial charge >= 0.3 is 11.9 Å². The Morgan fingerprint density at radius 3 is 2.79 bits per heavy atom. The molecule has 154 valence electrons. The fourth-order valence-corrected chi connectivity index (χ4v) is 3.80. The normalized spacial score (nSPS) is 18.8. The number of carboxylic acids is 1. The first-order chi connectivity index (χ1) is 14.0. The molecule has 1 aromatic heterocycles. The maximum atomic E-state index is 12.4. The highest BCUT2D eigenvalue weighted by molar-refractivity contribution is 5.94. The van der Waals surface area contributed by atoms with Crippen LogP contribution in [0.2, 0.25) is 0 Å². The van der Waals surface area contributed by atoms with Gasteiger partial charge in [0.1, 0.15) is 11.4 Å². The zero-order valence-corrected chi connectivity index (χ0v) is 16.9. The van der Waals surface area contributed by atoms with Gasteiger partial charge in [-0.1, -0.05) is 36.6 Å². The smallest absolute Gasteiger partial charge is 0.343 e. The molecule has 2 aromatic rings. The Kier molecular flexibility index (Phi) is 6.80. The van der Waals surface area contributed by atoms with Crippen LogP contribution in [0.1, 0.15) is 48.5 Å². The summed E-state index contributed by atoms with van der Waals surface area (Å²) >= 11 is 0. The largest absolute Gasteiger partial charge is 0.481 e. The van der Waals surface area contributed by atoms with E-state index in [2.05, 4.69) is 15.3 Å². The predicted octanol–water partition coefficient (Wildman–Crippen LogP) is 3.93. The lowest BCUT2D eigenvalue weighted by Crippen LogP contribution is -2.32. The molecular weight excluding hydrogens is 370 g/mol. The number of aryl methyl sites for hydroxylation is 1. The number of esters is 1. The Bertz CT molecular complexity index is 884. The van der Waals surface area contributed by atoms with E-state index in [1.807, 2.05) is 31.2 Å². The van der Waals surface area contributed by atoms with Gasteiger partial charge in [-0.2, -0.15) is 0 Å². The van der Waals surface area contributed by atoms with Crippen molar-refractivity contribution >= 4 is 17.8 Å². The van der Waals surface area contributed by atoms with Gasteiger partial charge < -0.3 is 15.2 Å². The molecule has 0 bridgehead atoms. The van der Waals surface area contributed by atoms with Gasteiger partial charge in [0.15, 0.2) is 5.82 Å². The van der Waals surface area contributed by atoms with Crippen molar-refractivity contribution in [3.05, 3.63) is 41.6 Å². The van der Waals surface area contributed by atoms with E-state index in [0.717, 1.165) is 30.4 Å². The molecule has 0 radical (unpaired) electrons. The van der Waals surface area contributed by atoms with Crippen molar-refractivity contribution in [2.75, 3.05) is 18.5 Å². The number of rotatable bonds is 7. The summed E-state index contributed by atoms with van der Waals surface area (Å²) in [6, 6.07) is 7.81. The second-order valence-corrected chi connectivity index (χ2v) is 7.42. The number of benzene rings is 1. The molecule has 1 aliphatic carbocycles. The summed E-state index contributed by atoms with van der Waals surface area (Å²) in [5.41, 5.74) is 2.19. The van der Waals surface area contributed by atoms with Crippen molar-refractivity contribution in [1.29, 1.82) is 0 Å². The van der Waals surface area contributed by atoms with E-state index >= 15 is 0 Å². The minimum Gasteiger partial charge on any atom is -0.481 e. The third-order valence-corrected chi connectivity index (χ3v) is 5.32. The average Bonchev–Trinajstić information content (AvgIpc) is 2.72. The van der Waals surface area contributed by atoms with E-state index in [1.165, 1.54) is 6.20 Å². The Morgan fingerprint density at radius 2 is 2.07 bits per heavy atom. The number of hydrogen-bond acceptors (Lipinski definition) is 6. The molecule has 0 saturated heterocycles.